The molecule has 0 aliphatic heterocycles. The molecule has 0 spiro atoms. The number of hydrogen-bond acceptors (Lipinski definition) is 3. The zero-order chi connectivity index (χ0) is 19.3. The molecule has 6 heteroatoms. The van der Waals surface area contributed by atoms with Crippen LogP contribution < -0.4 is 5.14 Å². The highest BCUT2D eigenvalue weighted by molar-refractivity contribution is 7.89. The number of amides is 1. The summed E-state index contributed by atoms with van der Waals surface area (Å²) in [4.78, 5) is 14.4. The minimum absolute atomic E-state index is 0.0603. The van der Waals surface area contributed by atoms with E-state index in [0.717, 1.165) is 24.8 Å². The van der Waals surface area contributed by atoms with Crippen LogP contribution in [0.25, 0.3) is 0 Å². The topological polar surface area (TPSA) is 80.5 Å². The number of primary sulfonamides is 1. The van der Waals surface area contributed by atoms with Gasteiger partial charge < -0.3 is 4.90 Å². The Labute approximate surface area is 155 Å². The third-order valence-corrected chi connectivity index (χ3v) is 5.54. The van der Waals surface area contributed by atoms with Gasteiger partial charge in [0.05, 0.1) is 10.9 Å². The largest absolute Gasteiger partial charge is 0.335 e. The van der Waals surface area contributed by atoms with Crippen LogP contribution in [-0.2, 0) is 16.4 Å². The van der Waals surface area contributed by atoms with E-state index in [-0.39, 0.29) is 16.8 Å². The van der Waals surface area contributed by atoms with Crippen LogP contribution in [0.5, 0.6) is 0 Å². The van der Waals surface area contributed by atoms with Crippen LogP contribution in [0.1, 0.15) is 54.2 Å². The molecule has 2 N–H and O–H groups in total. The molecule has 1 amide bonds. The van der Waals surface area contributed by atoms with Crippen LogP contribution in [0.3, 0.4) is 0 Å². The molecule has 0 aliphatic carbocycles. The van der Waals surface area contributed by atoms with Gasteiger partial charge >= 0.3 is 0 Å². The zero-order valence-electron chi connectivity index (χ0n) is 15.5. The first-order chi connectivity index (χ1) is 12.2. The van der Waals surface area contributed by atoms with E-state index >= 15 is 0 Å². The standard InChI is InChI=1S/C20H26N2O3S/c1-4-5-6-16-7-9-18(10-8-16)20(23)22(3)15(2)17-11-13-19(14-12-17)26(21,24)25/h7-15H,4-6H2,1-3H3,(H2,21,24,25). The Morgan fingerprint density at radius 2 is 1.65 bits per heavy atom. The quantitative estimate of drug-likeness (QED) is 0.805. The van der Waals surface area contributed by atoms with Crippen LogP contribution in [0, 0.1) is 0 Å². The summed E-state index contributed by atoms with van der Waals surface area (Å²) in [6, 6.07) is 13.8. The van der Waals surface area contributed by atoms with Crippen LogP contribution >= 0.6 is 0 Å². The number of benzene rings is 2. The maximum Gasteiger partial charge on any atom is 0.254 e. The maximum atomic E-state index is 12.7. The maximum absolute atomic E-state index is 12.7. The summed E-state index contributed by atoms with van der Waals surface area (Å²) in [5, 5.41) is 5.12. The Balaban J connectivity index is 2.11. The fourth-order valence-corrected chi connectivity index (χ4v) is 3.25. The molecule has 0 fully saturated rings. The van der Waals surface area contributed by atoms with E-state index < -0.39 is 10.0 Å². The van der Waals surface area contributed by atoms with Gasteiger partial charge in [0.15, 0.2) is 0 Å². The van der Waals surface area contributed by atoms with Crippen molar-refractivity contribution in [1.82, 2.24) is 4.90 Å². The van der Waals surface area contributed by atoms with Gasteiger partial charge in [-0.15, -0.1) is 0 Å². The van der Waals surface area contributed by atoms with Gasteiger partial charge in [-0.2, -0.15) is 0 Å². The van der Waals surface area contributed by atoms with Crippen molar-refractivity contribution in [1.29, 1.82) is 0 Å². The first kappa shape index (κ1) is 20.1. The normalized spacial score (nSPS) is 12.6. The summed E-state index contributed by atoms with van der Waals surface area (Å²) < 4.78 is 22.7. The number of carbonyl (C=O) groups excluding carboxylic acids is 1. The summed E-state index contributed by atoms with van der Waals surface area (Å²) in [6.45, 7) is 4.06. The fraction of sp³-hybridized carbons (Fsp3) is 0.350. The first-order valence-electron chi connectivity index (χ1n) is 8.73. The van der Waals surface area contributed by atoms with Crippen LogP contribution in [0.15, 0.2) is 53.4 Å². The van der Waals surface area contributed by atoms with Crippen molar-refractivity contribution in [3.8, 4) is 0 Å². The molecule has 0 bridgehead atoms. The van der Waals surface area contributed by atoms with Crippen LogP contribution in [0.4, 0.5) is 0 Å². The molecule has 1 atom stereocenters. The summed E-state index contributed by atoms with van der Waals surface area (Å²) in [5.74, 6) is -0.0740. The molecule has 1 unspecified atom stereocenters. The molecule has 2 rings (SSSR count). The number of nitrogens with zero attached hydrogens (tertiary/aromatic N) is 1. The lowest BCUT2D eigenvalue weighted by molar-refractivity contribution is 0.0742. The fourth-order valence-electron chi connectivity index (χ4n) is 2.73. The summed E-state index contributed by atoms with van der Waals surface area (Å²) in [6.07, 6.45) is 3.30. The van der Waals surface area contributed by atoms with Crippen molar-refractivity contribution in [2.45, 2.75) is 44.0 Å². The number of nitrogens with two attached hydrogens (primary N) is 1. The number of carbonyl (C=O) groups is 1. The number of unbranched alkanes of at least 4 members (excludes halogenated alkanes) is 1. The Bertz CT molecular complexity index is 844. The minimum Gasteiger partial charge on any atom is -0.335 e. The number of aryl methyl sites for hydroxylation is 1. The van der Waals surface area contributed by atoms with Gasteiger partial charge in [-0.25, -0.2) is 13.6 Å². The predicted molar refractivity (Wildman–Crippen MR) is 103 cm³/mol. The Morgan fingerprint density at radius 3 is 2.15 bits per heavy atom. The second kappa shape index (κ2) is 8.47. The Morgan fingerprint density at radius 1 is 1.08 bits per heavy atom. The lowest BCUT2D eigenvalue weighted by Gasteiger charge is -2.25. The van der Waals surface area contributed by atoms with Crippen molar-refractivity contribution < 1.29 is 13.2 Å². The lowest BCUT2D eigenvalue weighted by atomic mass is 10.0. The molecule has 0 radical (unpaired) electrons. The molecule has 0 saturated heterocycles. The second-order valence-corrected chi connectivity index (χ2v) is 8.07. The van der Waals surface area contributed by atoms with Gasteiger partial charge in [-0.05, 0) is 55.2 Å². The van der Waals surface area contributed by atoms with Gasteiger partial charge in [0.2, 0.25) is 10.0 Å². The molecule has 26 heavy (non-hydrogen) atoms. The Hall–Kier alpha value is -2.18. The average molecular weight is 375 g/mol. The molecular formula is C20H26N2O3S. The van der Waals surface area contributed by atoms with Crippen molar-refractivity contribution in [3.05, 3.63) is 65.2 Å². The third-order valence-electron chi connectivity index (χ3n) is 4.61. The SMILES string of the molecule is CCCCc1ccc(C(=O)N(C)C(C)c2ccc(S(N)(=O)=O)cc2)cc1. The van der Waals surface area contributed by atoms with Gasteiger partial charge in [-0.1, -0.05) is 37.6 Å². The van der Waals surface area contributed by atoms with Gasteiger partial charge in [0.25, 0.3) is 5.91 Å². The molecule has 140 valence electrons. The first-order valence-corrected chi connectivity index (χ1v) is 10.3. The molecule has 0 aromatic heterocycles. The lowest BCUT2D eigenvalue weighted by Crippen LogP contribution is -2.29. The van der Waals surface area contributed by atoms with E-state index in [1.54, 1.807) is 24.1 Å². The van der Waals surface area contributed by atoms with E-state index in [1.165, 1.54) is 17.7 Å². The number of sulfonamides is 1. The van der Waals surface area contributed by atoms with Crippen LogP contribution in [0.2, 0.25) is 0 Å². The highest BCUT2D eigenvalue weighted by Gasteiger charge is 2.19. The number of rotatable bonds is 7. The summed E-state index contributed by atoms with van der Waals surface area (Å²) >= 11 is 0. The zero-order valence-corrected chi connectivity index (χ0v) is 16.3. The molecular weight excluding hydrogens is 348 g/mol. The molecule has 5 nitrogen and oxygen atoms in total. The molecule has 2 aromatic rings. The Kier molecular flexibility index (Phi) is 6.56. The van der Waals surface area contributed by atoms with E-state index in [1.807, 2.05) is 31.2 Å². The van der Waals surface area contributed by atoms with E-state index in [2.05, 4.69) is 6.92 Å². The predicted octanol–water partition coefficient (Wildman–Crippen LogP) is 3.51. The van der Waals surface area contributed by atoms with Crippen molar-refractivity contribution in [2.75, 3.05) is 7.05 Å². The van der Waals surface area contributed by atoms with Gasteiger partial charge in [0, 0.05) is 12.6 Å². The monoisotopic (exact) mass is 374 g/mol. The molecule has 0 heterocycles. The second-order valence-electron chi connectivity index (χ2n) is 6.51. The summed E-state index contributed by atoms with van der Waals surface area (Å²) in [7, 11) is -1.97. The molecule has 2 aromatic carbocycles. The average Bonchev–Trinajstić information content (AvgIpc) is 2.64. The molecule has 0 saturated carbocycles. The minimum atomic E-state index is -3.72. The number of hydrogen-bond donors (Lipinski definition) is 1. The van der Waals surface area contributed by atoms with Crippen molar-refractivity contribution in [2.24, 2.45) is 5.14 Å². The van der Waals surface area contributed by atoms with E-state index in [4.69, 9.17) is 5.14 Å². The van der Waals surface area contributed by atoms with E-state index in [9.17, 15) is 13.2 Å². The smallest absolute Gasteiger partial charge is 0.254 e. The highest BCUT2D eigenvalue weighted by Crippen LogP contribution is 2.22. The van der Waals surface area contributed by atoms with Crippen LogP contribution in [-0.4, -0.2) is 26.3 Å². The van der Waals surface area contributed by atoms with Crippen molar-refractivity contribution in [3.63, 3.8) is 0 Å². The van der Waals surface area contributed by atoms with Crippen molar-refractivity contribution >= 4 is 15.9 Å². The molecule has 0 aliphatic rings. The third kappa shape index (κ3) is 4.93. The van der Waals surface area contributed by atoms with Gasteiger partial charge in [-0.3, -0.25) is 4.79 Å². The summed E-state index contributed by atoms with van der Waals surface area (Å²) in [5.41, 5.74) is 2.71. The van der Waals surface area contributed by atoms with Gasteiger partial charge in [0.1, 0.15) is 0 Å². The van der Waals surface area contributed by atoms with E-state index in [0.29, 0.717) is 5.56 Å². The highest BCUT2D eigenvalue weighted by atomic mass is 32.2.